The Balaban J connectivity index is 1.87. The second-order valence-corrected chi connectivity index (χ2v) is 8.00. The smallest absolute Gasteiger partial charge is 0.352 e. The van der Waals surface area contributed by atoms with Crippen molar-refractivity contribution in [3.8, 4) is 0 Å². The van der Waals surface area contributed by atoms with Crippen LogP contribution in [0.2, 0.25) is 0 Å². The Kier molecular flexibility index (Phi) is 6.84. The Morgan fingerprint density at radius 2 is 2.03 bits per heavy atom. The largest absolute Gasteiger partial charge is 0.477 e. The number of benzene rings is 1. The van der Waals surface area contributed by atoms with E-state index in [2.05, 4.69) is 10.6 Å². The minimum atomic E-state index is -1.83. The van der Waals surface area contributed by atoms with Gasteiger partial charge in [0.05, 0.1) is 0 Å². The van der Waals surface area contributed by atoms with Crippen LogP contribution in [0.3, 0.4) is 0 Å². The molecule has 0 saturated carbocycles. The van der Waals surface area contributed by atoms with Crippen molar-refractivity contribution in [3.05, 3.63) is 47.2 Å². The van der Waals surface area contributed by atoms with Crippen LogP contribution < -0.4 is 10.6 Å². The fourth-order valence-corrected chi connectivity index (χ4v) is 4.96. The van der Waals surface area contributed by atoms with Crippen LogP contribution in [-0.2, 0) is 33.4 Å². The molecular weight excluding hydrogens is 442 g/mol. The summed E-state index contributed by atoms with van der Waals surface area (Å²) < 4.78 is 10.3. The molecule has 3 amide bonds. The lowest BCUT2D eigenvalue weighted by atomic mass is 9.97. The van der Waals surface area contributed by atoms with E-state index in [9.17, 15) is 29.1 Å². The predicted molar refractivity (Wildman–Crippen MR) is 111 cm³/mol. The molecule has 2 unspecified atom stereocenters. The number of thioether (sulfide) groups is 1. The minimum Gasteiger partial charge on any atom is -0.477 e. The van der Waals surface area contributed by atoms with Crippen LogP contribution in [0, 0.1) is 0 Å². The average Bonchev–Trinajstić information content (AvgIpc) is 2.78. The number of β-lactam (4-membered cyclic amide) rings is 1. The molecule has 2 aliphatic rings. The third kappa shape index (κ3) is 4.06. The van der Waals surface area contributed by atoms with Gasteiger partial charge in [0.2, 0.25) is 12.3 Å². The molecule has 12 heteroatoms. The van der Waals surface area contributed by atoms with Crippen LogP contribution in [-0.4, -0.2) is 70.7 Å². The first kappa shape index (κ1) is 23.3. The van der Waals surface area contributed by atoms with Gasteiger partial charge in [0.15, 0.2) is 0 Å². The number of ether oxygens (including phenoxy) is 2. The van der Waals surface area contributed by atoms with Crippen molar-refractivity contribution < 1.29 is 38.6 Å². The Morgan fingerprint density at radius 3 is 2.59 bits per heavy atom. The number of carbonyl (C=O) groups excluding carboxylic acids is 4. The van der Waals surface area contributed by atoms with Crippen molar-refractivity contribution in [1.82, 2.24) is 15.5 Å². The SMILES string of the molecule is CO[C@]1(NC(=O)C(NC=O)c2ccccc2)C(=O)N2C(C(=O)O)=C(COC(C)=O)CSC21. The Hall–Kier alpha value is -3.38. The summed E-state index contributed by atoms with van der Waals surface area (Å²) in [5.41, 5.74) is -1.40. The standard InChI is InChI=1S/C20H21N3O8S/c1-11(25)31-8-13-9-32-19-20(30-2,18(29)23(19)15(13)17(27)28)22-16(26)14(21-10-24)12-6-4-3-5-7-12/h3-7,10,14,19H,8-9H2,1-2H3,(H,21,24)(H,22,26)(H,27,28)/t14?,19?,20-/m1/s1. The highest BCUT2D eigenvalue weighted by Crippen LogP contribution is 2.46. The van der Waals surface area contributed by atoms with E-state index in [1.165, 1.54) is 14.0 Å². The van der Waals surface area contributed by atoms with E-state index < -0.39 is 40.9 Å². The fraction of sp³-hybridized carbons (Fsp3) is 0.350. The van der Waals surface area contributed by atoms with E-state index >= 15 is 0 Å². The second kappa shape index (κ2) is 9.40. The number of methoxy groups -OCH3 is 1. The van der Waals surface area contributed by atoms with Gasteiger partial charge in [-0.15, -0.1) is 11.8 Å². The van der Waals surface area contributed by atoms with Gasteiger partial charge in [0.1, 0.15) is 23.7 Å². The number of hydrogen-bond donors (Lipinski definition) is 3. The molecule has 3 atom stereocenters. The van der Waals surface area contributed by atoms with E-state index in [4.69, 9.17) is 9.47 Å². The molecule has 11 nitrogen and oxygen atoms in total. The molecule has 1 aromatic carbocycles. The van der Waals surface area contributed by atoms with Crippen LogP contribution in [0.1, 0.15) is 18.5 Å². The second-order valence-electron chi connectivity index (χ2n) is 6.93. The van der Waals surface area contributed by atoms with Crippen LogP contribution in [0.15, 0.2) is 41.6 Å². The number of nitrogens with zero attached hydrogens (tertiary/aromatic N) is 1. The summed E-state index contributed by atoms with van der Waals surface area (Å²) in [4.78, 5) is 61.1. The lowest BCUT2D eigenvalue weighted by Gasteiger charge is -2.55. The quantitative estimate of drug-likeness (QED) is 0.195. The van der Waals surface area contributed by atoms with E-state index in [0.29, 0.717) is 12.0 Å². The molecule has 0 aliphatic carbocycles. The number of carboxylic acids is 1. The molecule has 2 heterocycles. The van der Waals surface area contributed by atoms with Crippen LogP contribution >= 0.6 is 11.8 Å². The molecule has 1 aromatic rings. The summed E-state index contributed by atoms with van der Waals surface area (Å²) in [6, 6.07) is 7.31. The summed E-state index contributed by atoms with van der Waals surface area (Å²) in [6.07, 6.45) is 0.369. The molecule has 1 saturated heterocycles. The van der Waals surface area contributed by atoms with E-state index in [1.807, 2.05) is 0 Å². The molecular formula is C20H21N3O8S. The maximum Gasteiger partial charge on any atom is 0.352 e. The molecule has 3 rings (SSSR count). The van der Waals surface area contributed by atoms with Crippen molar-refractivity contribution >= 4 is 41.9 Å². The zero-order valence-electron chi connectivity index (χ0n) is 17.2. The van der Waals surface area contributed by atoms with Gasteiger partial charge < -0.3 is 25.2 Å². The van der Waals surface area contributed by atoms with Gasteiger partial charge in [0, 0.05) is 25.4 Å². The Labute approximate surface area is 187 Å². The Morgan fingerprint density at radius 1 is 1.34 bits per heavy atom. The predicted octanol–water partition coefficient (Wildman–Crippen LogP) is -0.250. The Bertz CT molecular complexity index is 982. The van der Waals surface area contributed by atoms with E-state index in [0.717, 1.165) is 16.7 Å². The maximum atomic E-state index is 13.1. The van der Waals surface area contributed by atoms with Gasteiger partial charge in [-0.25, -0.2) is 4.79 Å². The minimum absolute atomic E-state index is 0.138. The van der Waals surface area contributed by atoms with Gasteiger partial charge in [0.25, 0.3) is 11.6 Å². The van der Waals surface area contributed by atoms with Crippen molar-refractivity contribution in [1.29, 1.82) is 0 Å². The average molecular weight is 463 g/mol. The number of aliphatic carboxylic acids is 1. The van der Waals surface area contributed by atoms with Crippen molar-refractivity contribution in [2.45, 2.75) is 24.1 Å². The molecule has 170 valence electrons. The van der Waals surface area contributed by atoms with Gasteiger partial charge >= 0.3 is 11.9 Å². The third-order valence-corrected chi connectivity index (χ3v) is 6.40. The van der Waals surface area contributed by atoms with Crippen molar-refractivity contribution in [2.24, 2.45) is 0 Å². The highest BCUT2D eigenvalue weighted by atomic mass is 32.2. The maximum absolute atomic E-state index is 13.1. The molecule has 0 spiro atoms. The number of esters is 1. The van der Waals surface area contributed by atoms with Crippen LogP contribution in [0.4, 0.5) is 0 Å². The lowest BCUT2D eigenvalue weighted by molar-refractivity contribution is -0.193. The number of fused-ring (bicyclic) bond motifs is 1. The molecule has 0 aromatic heterocycles. The van der Waals surface area contributed by atoms with Gasteiger partial charge in [-0.1, -0.05) is 30.3 Å². The number of amides is 3. The molecule has 0 bridgehead atoms. The first-order valence-electron chi connectivity index (χ1n) is 9.42. The number of carboxylic acid groups (broad SMARTS) is 1. The van der Waals surface area contributed by atoms with Crippen molar-refractivity contribution in [3.63, 3.8) is 0 Å². The third-order valence-electron chi connectivity index (χ3n) is 5.02. The lowest BCUT2D eigenvalue weighted by Crippen LogP contribution is -2.81. The molecule has 1 fully saturated rings. The monoisotopic (exact) mass is 463 g/mol. The first-order valence-corrected chi connectivity index (χ1v) is 10.5. The van der Waals surface area contributed by atoms with E-state index in [-0.39, 0.29) is 23.6 Å². The summed E-state index contributed by atoms with van der Waals surface area (Å²) in [7, 11) is 1.22. The summed E-state index contributed by atoms with van der Waals surface area (Å²) in [5.74, 6) is -3.31. The van der Waals surface area contributed by atoms with Crippen LogP contribution in [0.25, 0.3) is 0 Å². The van der Waals surface area contributed by atoms with Gasteiger partial charge in [-0.05, 0) is 5.56 Å². The number of hydrogen-bond acceptors (Lipinski definition) is 8. The molecule has 2 aliphatic heterocycles. The highest BCUT2D eigenvalue weighted by Gasteiger charge is 2.67. The summed E-state index contributed by atoms with van der Waals surface area (Å²) >= 11 is 1.15. The summed E-state index contributed by atoms with van der Waals surface area (Å²) in [5, 5.41) is 13.7. The van der Waals surface area contributed by atoms with Crippen molar-refractivity contribution in [2.75, 3.05) is 19.5 Å². The topological polar surface area (TPSA) is 151 Å². The zero-order chi connectivity index (χ0) is 23.5. The number of rotatable bonds is 9. The molecule has 3 N–H and O–H groups in total. The normalized spacial score (nSPS) is 22.9. The highest BCUT2D eigenvalue weighted by molar-refractivity contribution is 8.00. The first-order chi connectivity index (χ1) is 15.3. The van der Waals surface area contributed by atoms with Gasteiger partial charge in [-0.3, -0.25) is 24.1 Å². The number of nitrogens with one attached hydrogen (secondary N) is 2. The van der Waals surface area contributed by atoms with E-state index in [1.54, 1.807) is 30.3 Å². The van der Waals surface area contributed by atoms with Gasteiger partial charge in [-0.2, -0.15) is 0 Å². The fourth-order valence-electron chi connectivity index (χ4n) is 3.54. The zero-order valence-corrected chi connectivity index (χ0v) is 18.0. The molecule has 32 heavy (non-hydrogen) atoms. The number of carbonyl (C=O) groups is 5. The molecule has 0 radical (unpaired) electrons. The van der Waals surface area contributed by atoms with Crippen LogP contribution in [0.5, 0.6) is 0 Å². The summed E-state index contributed by atoms with van der Waals surface area (Å²) in [6.45, 7) is 0.919.